The molecule has 1 N–H and O–H groups in total. The van der Waals surface area contributed by atoms with Crippen LogP contribution in [-0.2, 0) is 4.79 Å². The molecule has 0 atom stereocenters. The van der Waals surface area contributed by atoms with Crippen LogP contribution in [0, 0.1) is 17.1 Å². The summed E-state index contributed by atoms with van der Waals surface area (Å²) < 4.78 is 19.3. The van der Waals surface area contributed by atoms with Crippen LogP contribution < -0.4 is 10.1 Å². The third-order valence-electron chi connectivity index (χ3n) is 2.97. The lowest BCUT2D eigenvalue weighted by Crippen LogP contribution is -2.14. The zero-order valence-corrected chi connectivity index (χ0v) is 13.7. The average molecular weight is 375 g/mol. The van der Waals surface area contributed by atoms with Gasteiger partial charge in [-0.15, -0.1) is 0 Å². The van der Waals surface area contributed by atoms with E-state index in [2.05, 4.69) is 21.2 Å². The quantitative estimate of drug-likeness (QED) is 0.645. The Kier molecular flexibility index (Phi) is 5.50. The van der Waals surface area contributed by atoms with Crippen molar-refractivity contribution in [1.29, 1.82) is 5.26 Å². The van der Waals surface area contributed by atoms with E-state index in [0.717, 1.165) is 0 Å². The van der Waals surface area contributed by atoms with Crippen LogP contribution in [-0.4, -0.2) is 13.0 Å². The van der Waals surface area contributed by atoms with Crippen molar-refractivity contribution in [1.82, 2.24) is 0 Å². The van der Waals surface area contributed by atoms with Crippen LogP contribution in [0.5, 0.6) is 5.75 Å². The zero-order valence-electron chi connectivity index (χ0n) is 12.1. The molecule has 0 aliphatic carbocycles. The minimum atomic E-state index is -0.676. The molecule has 0 spiro atoms. The molecule has 2 rings (SSSR count). The van der Waals surface area contributed by atoms with E-state index in [0.29, 0.717) is 15.8 Å². The van der Waals surface area contributed by atoms with Crippen LogP contribution in [0.3, 0.4) is 0 Å². The van der Waals surface area contributed by atoms with Gasteiger partial charge in [-0.3, -0.25) is 4.79 Å². The number of carbonyl (C=O) groups is 1. The van der Waals surface area contributed by atoms with Crippen molar-refractivity contribution >= 4 is 33.6 Å². The maximum Gasteiger partial charge on any atom is 0.266 e. The molecule has 23 heavy (non-hydrogen) atoms. The van der Waals surface area contributed by atoms with E-state index >= 15 is 0 Å². The summed E-state index contributed by atoms with van der Waals surface area (Å²) in [4.78, 5) is 12.1. The summed E-state index contributed by atoms with van der Waals surface area (Å²) in [5, 5.41) is 11.5. The maximum absolute atomic E-state index is 13.7. The second-order valence-electron chi connectivity index (χ2n) is 4.52. The van der Waals surface area contributed by atoms with E-state index in [-0.39, 0.29) is 11.3 Å². The number of benzene rings is 2. The summed E-state index contributed by atoms with van der Waals surface area (Å²) in [5.74, 6) is -0.596. The van der Waals surface area contributed by atoms with E-state index in [1.807, 2.05) is 6.07 Å². The van der Waals surface area contributed by atoms with Gasteiger partial charge in [-0.1, -0.05) is 28.1 Å². The number of carbonyl (C=O) groups excluding carboxylic acids is 1. The van der Waals surface area contributed by atoms with Gasteiger partial charge in [0.25, 0.3) is 5.91 Å². The number of rotatable bonds is 4. The molecular weight excluding hydrogens is 363 g/mol. The van der Waals surface area contributed by atoms with E-state index in [1.165, 1.54) is 18.2 Å². The molecule has 0 bridgehead atoms. The van der Waals surface area contributed by atoms with E-state index < -0.39 is 11.7 Å². The lowest BCUT2D eigenvalue weighted by atomic mass is 10.1. The predicted octanol–water partition coefficient (Wildman–Crippen LogP) is 4.14. The first-order chi connectivity index (χ1) is 11.0. The van der Waals surface area contributed by atoms with Crippen LogP contribution >= 0.6 is 15.9 Å². The Morgan fingerprint density at radius 3 is 2.57 bits per heavy atom. The van der Waals surface area contributed by atoms with Crippen molar-refractivity contribution in [3.8, 4) is 11.8 Å². The molecule has 4 nitrogen and oxygen atoms in total. The van der Waals surface area contributed by atoms with Crippen LogP contribution in [0.25, 0.3) is 6.08 Å². The second kappa shape index (κ2) is 7.56. The Morgan fingerprint density at radius 2 is 2.00 bits per heavy atom. The van der Waals surface area contributed by atoms with Crippen LogP contribution in [0.1, 0.15) is 5.56 Å². The Bertz CT molecular complexity index is 795. The van der Waals surface area contributed by atoms with E-state index in [9.17, 15) is 9.18 Å². The van der Waals surface area contributed by atoms with Gasteiger partial charge in [0.1, 0.15) is 23.2 Å². The Morgan fingerprint density at radius 1 is 1.30 bits per heavy atom. The molecule has 0 aromatic heterocycles. The molecule has 0 aliphatic heterocycles. The van der Waals surface area contributed by atoms with Gasteiger partial charge >= 0.3 is 0 Å². The maximum atomic E-state index is 13.7. The first kappa shape index (κ1) is 16.7. The molecule has 0 heterocycles. The number of hydrogen-bond donors (Lipinski definition) is 1. The SMILES string of the molecule is COc1ccc(C=C(C#N)C(=O)Nc2ccc(Br)cc2F)cc1. The van der Waals surface area contributed by atoms with Crippen molar-refractivity contribution < 1.29 is 13.9 Å². The normalized spacial score (nSPS) is 10.8. The fourth-order valence-electron chi connectivity index (χ4n) is 1.80. The van der Waals surface area contributed by atoms with Gasteiger partial charge in [0, 0.05) is 4.47 Å². The highest BCUT2D eigenvalue weighted by molar-refractivity contribution is 9.10. The molecule has 116 valence electrons. The number of methoxy groups -OCH3 is 1. The van der Waals surface area contributed by atoms with Crippen LogP contribution in [0.4, 0.5) is 10.1 Å². The standard InChI is InChI=1S/C17H12BrFN2O2/c1-23-14-5-2-11(3-6-14)8-12(10-20)17(22)21-16-7-4-13(18)9-15(16)19/h2-9H,1H3,(H,21,22). The first-order valence-electron chi connectivity index (χ1n) is 6.55. The van der Waals surface area contributed by atoms with Gasteiger partial charge in [0.05, 0.1) is 12.8 Å². The summed E-state index contributed by atoms with van der Waals surface area (Å²) >= 11 is 3.13. The number of hydrogen-bond acceptors (Lipinski definition) is 3. The van der Waals surface area contributed by atoms with Crippen molar-refractivity contribution in [3.63, 3.8) is 0 Å². The van der Waals surface area contributed by atoms with Gasteiger partial charge in [-0.05, 0) is 42.0 Å². The predicted molar refractivity (Wildman–Crippen MR) is 89.3 cm³/mol. The molecule has 2 aromatic rings. The molecule has 6 heteroatoms. The second-order valence-corrected chi connectivity index (χ2v) is 5.44. The van der Waals surface area contributed by atoms with Gasteiger partial charge in [-0.2, -0.15) is 5.26 Å². The molecule has 0 aliphatic rings. The van der Waals surface area contributed by atoms with Crippen molar-refractivity contribution in [2.45, 2.75) is 0 Å². The molecule has 0 unspecified atom stereocenters. The summed E-state index contributed by atoms with van der Waals surface area (Å²) in [6.07, 6.45) is 1.42. The Hall–Kier alpha value is -2.65. The van der Waals surface area contributed by atoms with E-state index in [1.54, 1.807) is 37.4 Å². The highest BCUT2D eigenvalue weighted by Crippen LogP contribution is 2.20. The van der Waals surface area contributed by atoms with Crippen LogP contribution in [0.15, 0.2) is 52.5 Å². The number of nitriles is 1. The number of anilines is 1. The first-order valence-corrected chi connectivity index (χ1v) is 7.35. The number of nitrogens with zero attached hydrogens (tertiary/aromatic N) is 1. The number of halogens is 2. The highest BCUT2D eigenvalue weighted by atomic mass is 79.9. The van der Waals surface area contributed by atoms with Crippen molar-refractivity contribution in [2.75, 3.05) is 12.4 Å². The van der Waals surface area contributed by atoms with Gasteiger partial charge in [0.2, 0.25) is 0 Å². The molecule has 0 fully saturated rings. The molecule has 0 saturated heterocycles. The monoisotopic (exact) mass is 374 g/mol. The molecule has 0 radical (unpaired) electrons. The Labute approximate surface area is 141 Å². The van der Waals surface area contributed by atoms with Crippen LogP contribution in [0.2, 0.25) is 0 Å². The molecule has 1 amide bonds. The fraction of sp³-hybridized carbons (Fsp3) is 0.0588. The summed E-state index contributed by atoms with van der Waals surface area (Å²) in [7, 11) is 1.55. The highest BCUT2D eigenvalue weighted by Gasteiger charge is 2.12. The molecule has 0 saturated carbocycles. The topological polar surface area (TPSA) is 62.1 Å². The third kappa shape index (κ3) is 4.41. The number of ether oxygens (including phenoxy) is 1. The fourth-order valence-corrected chi connectivity index (χ4v) is 2.13. The largest absolute Gasteiger partial charge is 0.497 e. The molecular formula is C17H12BrFN2O2. The lowest BCUT2D eigenvalue weighted by molar-refractivity contribution is -0.112. The van der Waals surface area contributed by atoms with Crippen molar-refractivity contribution in [3.05, 3.63) is 63.9 Å². The Balaban J connectivity index is 2.20. The van der Waals surface area contributed by atoms with E-state index in [4.69, 9.17) is 10.00 Å². The average Bonchev–Trinajstić information content (AvgIpc) is 2.55. The zero-order chi connectivity index (χ0) is 16.8. The summed E-state index contributed by atoms with van der Waals surface area (Å²) in [6.45, 7) is 0. The minimum absolute atomic E-state index is 0.00841. The number of nitrogens with one attached hydrogen (secondary N) is 1. The third-order valence-corrected chi connectivity index (χ3v) is 3.46. The van der Waals surface area contributed by atoms with Gasteiger partial charge in [-0.25, -0.2) is 4.39 Å². The van der Waals surface area contributed by atoms with Gasteiger partial charge in [0.15, 0.2) is 0 Å². The summed E-state index contributed by atoms with van der Waals surface area (Å²) in [6, 6.07) is 12.9. The van der Waals surface area contributed by atoms with Crippen molar-refractivity contribution in [2.24, 2.45) is 0 Å². The smallest absolute Gasteiger partial charge is 0.266 e. The number of amides is 1. The van der Waals surface area contributed by atoms with Gasteiger partial charge < -0.3 is 10.1 Å². The molecule has 2 aromatic carbocycles. The lowest BCUT2D eigenvalue weighted by Gasteiger charge is -2.06. The summed E-state index contributed by atoms with van der Waals surface area (Å²) in [5.41, 5.74) is 0.542. The minimum Gasteiger partial charge on any atom is -0.497 e.